The monoisotopic (exact) mass is 854 g/mol. The van der Waals surface area contributed by atoms with E-state index in [2.05, 4.69) is 81.2 Å². The number of hydrogen-bond donors (Lipinski definition) is 4. The van der Waals surface area contributed by atoms with Gasteiger partial charge in [-0.2, -0.15) is 0 Å². The quantitative estimate of drug-likeness (QED) is 0.0760. The highest BCUT2D eigenvalue weighted by molar-refractivity contribution is 7.17. The minimum absolute atomic E-state index is 0.0535. The van der Waals surface area contributed by atoms with E-state index in [0.717, 1.165) is 68.0 Å². The first kappa shape index (κ1) is 47.8. The molecule has 1 aliphatic rings. The van der Waals surface area contributed by atoms with Crippen LogP contribution in [0.15, 0.2) is 47.2 Å². The summed E-state index contributed by atoms with van der Waals surface area (Å²) in [5.74, 6) is 0.532. The van der Waals surface area contributed by atoms with Crippen LogP contribution in [0, 0.1) is 5.92 Å². The van der Waals surface area contributed by atoms with Gasteiger partial charge < -0.3 is 35.1 Å². The molecule has 16 heteroatoms. The van der Waals surface area contributed by atoms with Gasteiger partial charge in [0, 0.05) is 53.9 Å². The van der Waals surface area contributed by atoms with E-state index in [0.29, 0.717) is 37.7 Å². The summed E-state index contributed by atoms with van der Waals surface area (Å²) in [7, 11) is 1.26. The summed E-state index contributed by atoms with van der Waals surface area (Å²) in [5, 5.41) is 5.17. The van der Waals surface area contributed by atoms with Crippen molar-refractivity contribution in [3.05, 3.63) is 59.4 Å². The second-order valence-corrected chi connectivity index (χ2v) is 15.8. The fourth-order valence-corrected chi connectivity index (χ4v) is 7.37. The Balaban J connectivity index is 0.00000129. The molecule has 4 amide bonds. The van der Waals surface area contributed by atoms with E-state index in [1.165, 1.54) is 20.0 Å². The summed E-state index contributed by atoms with van der Waals surface area (Å²) in [6.07, 6.45) is 9.49. The second kappa shape index (κ2) is 23.8. The molecule has 0 saturated heterocycles. The van der Waals surface area contributed by atoms with Crippen molar-refractivity contribution < 1.29 is 23.9 Å². The van der Waals surface area contributed by atoms with Crippen LogP contribution in [0.3, 0.4) is 0 Å². The predicted molar refractivity (Wildman–Crippen MR) is 244 cm³/mol. The van der Waals surface area contributed by atoms with Gasteiger partial charge in [-0.25, -0.2) is 19.7 Å². The van der Waals surface area contributed by atoms with Gasteiger partial charge in [0.05, 0.1) is 71.9 Å². The molecule has 15 nitrogen and oxygen atoms in total. The molecule has 5 aromatic rings. The number of nitrogens with zero attached hydrogens (tertiary/aromatic N) is 6. The number of aromatic nitrogens is 5. The van der Waals surface area contributed by atoms with Crippen molar-refractivity contribution in [3.8, 4) is 33.6 Å². The van der Waals surface area contributed by atoms with Gasteiger partial charge in [0.25, 0.3) is 0 Å². The SMILES string of the molecule is CCC.CCC.CCCN(Cc1ncc(-c2ccc(-c3ccc(-c4cnc(CN(CCC)C(=O)CNC(=O)C(C)C)[nH]4)c4ncsc34)c3c2CC=N3)[nH]1)C(=O)CNC(=O)OC. The van der Waals surface area contributed by atoms with E-state index in [1.54, 1.807) is 47.4 Å². The summed E-state index contributed by atoms with van der Waals surface area (Å²) in [4.78, 5) is 78.3. The molecule has 0 fully saturated rings. The van der Waals surface area contributed by atoms with Crippen molar-refractivity contribution in [2.24, 2.45) is 10.9 Å². The van der Waals surface area contributed by atoms with Crippen LogP contribution in [0.2, 0.25) is 0 Å². The van der Waals surface area contributed by atoms with E-state index in [-0.39, 0.29) is 43.3 Å². The lowest BCUT2D eigenvalue weighted by Crippen LogP contribution is -2.41. The van der Waals surface area contributed by atoms with Crippen LogP contribution in [-0.4, -0.2) is 98.0 Å². The van der Waals surface area contributed by atoms with Gasteiger partial charge in [-0.15, -0.1) is 11.3 Å². The minimum atomic E-state index is -0.657. The Hall–Kier alpha value is -5.90. The Bertz CT molecular complexity index is 2260. The molecular weight excluding hydrogens is 793 g/mol. The van der Waals surface area contributed by atoms with Crippen LogP contribution < -0.4 is 10.6 Å². The molecule has 0 saturated carbocycles. The van der Waals surface area contributed by atoms with Gasteiger partial charge in [0.15, 0.2) is 0 Å². The number of carbonyl (C=O) groups excluding carboxylic acids is 4. The molecule has 2 aromatic carbocycles. The summed E-state index contributed by atoms with van der Waals surface area (Å²) in [6, 6.07) is 8.28. The Labute approximate surface area is 363 Å². The van der Waals surface area contributed by atoms with Crippen LogP contribution in [0.25, 0.3) is 43.9 Å². The summed E-state index contributed by atoms with van der Waals surface area (Å²) >= 11 is 1.56. The zero-order chi connectivity index (χ0) is 44.5. The van der Waals surface area contributed by atoms with E-state index >= 15 is 0 Å². The largest absolute Gasteiger partial charge is 0.453 e. The van der Waals surface area contributed by atoms with Crippen molar-refractivity contribution >= 4 is 57.3 Å². The number of nitrogens with one attached hydrogen (secondary N) is 4. The third-order valence-corrected chi connectivity index (χ3v) is 10.2. The normalized spacial score (nSPS) is 11.3. The molecule has 1 aliphatic heterocycles. The van der Waals surface area contributed by atoms with Gasteiger partial charge in [-0.3, -0.25) is 19.4 Å². The molecule has 3 aromatic heterocycles. The number of ether oxygens (including phenoxy) is 1. The first-order valence-corrected chi connectivity index (χ1v) is 22.1. The van der Waals surface area contributed by atoms with Gasteiger partial charge in [-0.05, 0) is 24.5 Å². The molecule has 0 aliphatic carbocycles. The average Bonchev–Trinajstić information content (AvgIpc) is 4.09. The molecule has 0 unspecified atom stereocenters. The van der Waals surface area contributed by atoms with Crippen LogP contribution >= 0.6 is 11.3 Å². The number of hydrogen-bond acceptors (Lipinski definition) is 10. The lowest BCUT2D eigenvalue weighted by molar-refractivity contribution is -0.134. The highest BCUT2D eigenvalue weighted by Crippen LogP contribution is 2.45. The number of alkyl carbamates (subject to hydrolysis) is 1. The maximum Gasteiger partial charge on any atom is 0.407 e. The standard InChI is InChI=1S/C39H46N10O5S.2C3H8/c1-6-14-48(33(50)18-43-38(52)23(3)4)21-32-42-17-30(47-32)28-11-10-27(37-36(28)45-22-55-37)25-9-8-24(26-12-13-40-35(25)26)29-16-41-31(46-29)20-49(15-7-2)34(51)19-44-39(53)54-5;2*1-3-2/h8-11,13,16-17,22-23H,6-7,12,14-15,18-21H2,1-5H3,(H,41,46)(H,42,47)(H,43,52)(H,44,53);2*3H2,1-2H3. The highest BCUT2D eigenvalue weighted by Gasteiger charge is 2.24. The predicted octanol–water partition coefficient (Wildman–Crippen LogP) is 8.44. The smallest absolute Gasteiger partial charge is 0.407 e. The number of benzene rings is 2. The Morgan fingerprint density at radius 2 is 1.28 bits per heavy atom. The Morgan fingerprint density at radius 1 is 0.754 bits per heavy atom. The molecule has 0 bridgehead atoms. The van der Waals surface area contributed by atoms with E-state index in [9.17, 15) is 19.2 Å². The van der Waals surface area contributed by atoms with Gasteiger partial charge in [0.2, 0.25) is 17.7 Å². The molecule has 328 valence electrons. The van der Waals surface area contributed by atoms with Gasteiger partial charge in [-0.1, -0.05) is 86.4 Å². The second-order valence-electron chi connectivity index (χ2n) is 14.9. The maximum atomic E-state index is 13.0. The van der Waals surface area contributed by atoms with Crippen LogP contribution in [0.1, 0.15) is 98.3 Å². The summed E-state index contributed by atoms with van der Waals surface area (Å²) in [6.45, 7) is 17.5. The number of amides is 4. The van der Waals surface area contributed by atoms with Crippen LogP contribution in [0.4, 0.5) is 10.5 Å². The van der Waals surface area contributed by atoms with Crippen molar-refractivity contribution in [1.82, 2.24) is 45.4 Å². The van der Waals surface area contributed by atoms with E-state index in [4.69, 9.17) is 9.98 Å². The first-order valence-electron chi connectivity index (χ1n) is 21.2. The number of imidazole rings is 2. The van der Waals surface area contributed by atoms with Crippen molar-refractivity contribution in [2.75, 3.05) is 33.3 Å². The van der Waals surface area contributed by atoms with E-state index in [1.807, 2.05) is 31.6 Å². The molecule has 0 radical (unpaired) electrons. The lowest BCUT2D eigenvalue weighted by atomic mass is 9.94. The lowest BCUT2D eigenvalue weighted by Gasteiger charge is -2.21. The van der Waals surface area contributed by atoms with Crippen molar-refractivity contribution in [2.45, 2.75) is 101 Å². The molecule has 0 spiro atoms. The minimum Gasteiger partial charge on any atom is -0.453 e. The molecule has 61 heavy (non-hydrogen) atoms. The van der Waals surface area contributed by atoms with Gasteiger partial charge in [0.1, 0.15) is 18.2 Å². The number of aromatic amines is 2. The molecular formula is C45H62N10O5S. The fourth-order valence-electron chi connectivity index (χ4n) is 6.52. The number of fused-ring (bicyclic) bond motifs is 2. The highest BCUT2D eigenvalue weighted by atomic mass is 32.1. The van der Waals surface area contributed by atoms with E-state index < -0.39 is 6.09 Å². The number of methoxy groups -OCH3 is 1. The molecule has 0 atom stereocenters. The molecule has 4 N–H and O–H groups in total. The number of rotatable bonds is 16. The van der Waals surface area contributed by atoms with Crippen molar-refractivity contribution in [1.29, 1.82) is 0 Å². The zero-order valence-electron chi connectivity index (χ0n) is 37.1. The van der Waals surface area contributed by atoms with Gasteiger partial charge >= 0.3 is 6.09 Å². The maximum absolute atomic E-state index is 13.0. The first-order chi connectivity index (χ1) is 29.4. The van der Waals surface area contributed by atoms with Crippen LogP contribution in [0.5, 0.6) is 0 Å². The topological polar surface area (TPSA) is 191 Å². The molecule has 4 heterocycles. The number of aliphatic imine (C=N–C) groups is 1. The third kappa shape index (κ3) is 12.6. The number of carbonyl (C=O) groups is 4. The third-order valence-electron chi connectivity index (χ3n) is 9.29. The average molecular weight is 855 g/mol. The summed E-state index contributed by atoms with van der Waals surface area (Å²) in [5.41, 5.74) is 10.2. The number of H-pyrrole nitrogens is 2. The number of thiazole rings is 1. The Kier molecular flexibility index (Phi) is 18.6. The Morgan fingerprint density at radius 3 is 1.84 bits per heavy atom. The van der Waals surface area contributed by atoms with Crippen LogP contribution in [-0.2, 0) is 38.6 Å². The molecule has 6 rings (SSSR count). The van der Waals surface area contributed by atoms with Crippen molar-refractivity contribution in [3.63, 3.8) is 0 Å². The fraction of sp³-hybridized carbons (Fsp3) is 0.467. The zero-order valence-corrected chi connectivity index (χ0v) is 37.9. The summed E-state index contributed by atoms with van der Waals surface area (Å²) < 4.78 is 5.60.